The maximum atomic E-state index is 10.0. The van der Waals surface area contributed by atoms with Gasteiger partial charge in [0.15, 0.2) is 0 Å². The number of aromatic hydroxyl groups is 1. The number of phenols is 1. The van der Waals surface area contributed by atoms with Crippen molar-refractivity contribution in [3.8, 4) is 16.9 Å². The first-order valence-corrected chi connectivity index (χ1v) is 8.53. The van der Waals surface area contributed by atoms with E-state index in [0.29, 0.717) is 11.5 Å². The van der Waals surface area contributed by atoms with Crippen molar-refractivity contribution in [1.29, 1.82) is 0 Å². The third-order valence-electron chi connectivity index (χ3n) is 3.65. The Balaban J connectivity index is 1.91. The largest absolute Gasteiger partial charge is 0.506 e. The predicted octanol–water partition coefficient (Wildman–Crippen LogP) is 5.46. The fourth-order valence-corrected chi connectivity index (χ4v) is 3.71. The highest BCUT2D eigenvalue weighted by atomic mass is 35.5. The van der Waals surface area contributed by atoms with E-state index in [1.807, 2.05) is 41.8 Å². The van der Waals surface area contributed by atoms with Crippen molar-refractivity contribution >= 4 is 44.7 Å². The lowest BCUT2D eigenvalue weighted by molar-refractivity contribution is 0.478. The van der Waals surface area contributed by atoms with E-state index in [-0.39, 0.29) is 11.0 Å². The quantitative estimate of drug-likeness (QED) is 0.379. The van der Waals surface area contributed by atoms with Crippen molar-refractivity contribution < 1.29 is 5.11 Å². The maximum Gasteiger partial charge on any atom is 0.225 e. The minimum Gasteiger partial charge on any atom is -0.506 e. The summed E-state index contributed by atoms with van der Waals surface area (Å²) >= 11 is 7.58. The normalized spacial score (nSPS) is 10.9. The number of rotatable bonds is 3. The Hall–Kier alpha value is -2.63. The number of anilines is 2. The zero-order valence-corrected chi connectivity index (χ0v) is 14.0. The van der Waals surface area contributed by atoms with Crippen molar-refractivity contribution in [2.45, 2.75) is 0 Å². The molecule has 24 heavy (non-hydrogen) atoms. The molecule has 0 radical (unpaired) electrons. The van der Waals surface area contributed by atoms with Gasteiger partial charge < -0.3 is 10.4 Å². The van der Waals surface area contributed by atoms with Gasteiger partial charge in [-0.1, -0.05) is 42.5 Å². The number of nitrogens with zero attached hydrogens (tertiary/aromatic N) is 2. The molecule has 0 amide bonds. The van der Waals surface area contributed by atoms with Crippen molar-refractivity contribution in [2.24, 2.45) is 0 Å². The summed E-state index contributed by atoms with van der Waals surface area (Å²) in [6.45, 7) is 0. The molecule has 2 aromatic heterocycles. The summed E-state index contributed by atoms with van der Waals surface area (Å²) in [5.74, 6) is 0.725. The molecular formula is C18H12ClN3OS. The van der Waals surface area contributed by atoms with E-state index < -0.39 is 0 Å². The number of hydrogen-bond donors (Lipinski definition) is 2. The molecule has 0 saturated heterocycles. The van der Waals surface area contributed by atoms with Gasteiger partial charge in [-0.2, -0.15) is 4.98 Å². The molecule has 0 bridgehead atoms. The first-order valence-electron chi connectivity index (χ1n) is 7.27. The Morgan fingerprint density at radius 1 is 0.958 bits per heavy atom. The Kier molecular flexibility index (Phi) is 3.80. The highest BCUT2D eigenvalue weighted by Gasteiger charge is 2.15. The molecule has 6 heteroatoms. The van der Waals surface area contributed by atoms with Gasteiger partial charge in [0.1, 0.15) is 16.4 Å². The smallest absolute Gasteiger partial charge is 0.225 e. The summed E-state index contributed by atoms with van der Waals surface area (Å²) in [6, 6.07) is 17.1. The minimum absolute atomic E-state index is 0.150. The Morgan fingerprint density at radius 3 is 2.50 bits per heavy atom. The van der Waals surface area contributed by atoms with E-state index in [1.165, 1.54) is 11.3 Å². The SMILES string of the molecule is Oc1ccccc1Nc1nc(Cl)nc2scc(-c3ccccc3)c12. The van der Waals surface area contributed by atoms with Gasteiger partial charge in [-0.3, -0.25) is 0 Å². The number of benzene rings is 2. The molecule has 0 saturated carbocycles. The van der Waals surface area contributed by atoms with E-state index in [0.717, 1.165) is 21.3 Å². The topological polar surface area (TPSA) is 58.0 Å². The maximum absolute atomic E-state index is 10.0. The highest BCUT2D eigenvalue weighted by molar-refractivity contribution is 7.17. The predicted molar refractivity (Wildman–Crippen MR) is 99.3 cm³/mol. The molecule has 4 nitrogen and oxygen atoms in total. The molecule has 2 heterocycles. The molecule has 4 rings (SSSR count). The van der Waals surface area contributed by atoms with Gasteiger partial charge in [0.2, 0.25) is 5.28 Å². The summed E-state index contributed by atoms with van der Waals surface area (Å²) in [5, 5.41) is 16.3. The first kappa shape index (κ1) is 14.9. The lowest BCUT2D eigenvalue weighted by Gasteiger charge is -2.10. The Labute approximate surface area is 147 Å². The number of aromatic nitrogens is 2. The van der Waals surface area contributed by atoms with Gasteiger partial charge in [-0.05, 0) is 29.3 Å². The molecule has 0 aliphatic rings. The molecule has 0 aliphatic carbocycles. The second-order valence-electron chi connectivity index (χ2n) is 5.18. The van der Waals surface area contributed by atoms with Crippen molar-refractivity contribution in [3.05, 3.63) is 65.3 Å². The Bertz CT molecular complexity index is 1020. The monoisotopic (exact) mass is 353 g/mol. The first-order chi connectivity index (χ1) is 11.7. The van der Waals surface area contributed by atoms with Crippen molar-refractivity contribution in [1.82, 2.24) is 9.97 Å². The number of fused-ring (bicyclic) bond motifs is 1. The molecule has 4 aromatic rings. The van der Waals surface area contributed by atoms with Gasteiger partial charge in [0, 0.05) is 10.9 Å². The van der Waals surface area contributed by atoms with Gasteiger partial charge in [-0.15, -0.1) is 11.3 Å². The van der Waals surface area contributed by atoms with Crippen LogP contribution in [0.15, 0.2) is 60.0 Å². The number of halogens is 1. The van der Waals surface area contributed by atoms with E-state index >= 15 is 0 Å². The van der Waals surface area contributed by atoms with Gasteiger partial charge >= 0.3 is 0 Å². The van der Waals surface area contributed by atoms with Crippen LogP contribution >= 0.6 is 22.9 Å². The Morgan fingerprint density at radius 2 is 1.71 bits per heavy atom. The molecule has 0 atom stereocenters. The average molecular weight is 354 g/mol. The van der Waals surface area contributed by atoms with Gasteiger partial charge in [-0.25, -0.2) is 4.98 Å². The fourth-order valence-electron chi connectivity index (χ4n) is 2.54. The zero-order valence-electron chi connectivity index (χ0n) is 12.4. The van der Waals surface area contributed by atoms with Crippen LogP contribution in [0.2, 0.25) is 5.28 Å². The van der Waals surface area contributed by atoms with Crippen molar-refractivity contribution in [3.63, 3.8) is 0 Å². The van der Waals surface area contributed by atoms with Crippen LogP contribution in [0.4, 0.5) is 11.5 Å². The van der Waals surface area contributed by atoms with Crippen molar-refractivity contribution in [2.75, 3.05) is 5.32 Å². The van der Waals surface area contributed by atoms with Crippen LogP contribution in [0, 0.1) is 0 Å². The van der Waals surface area contributed by atoms with Crippen LogP contribution in [0.25, 0.3) is 21.3 Å². The lowest BCUT2D eigenvalue weighted by Crippen LogP contribution is -1.97. The highest BCUT2D eigenvalue weighted by Crippen LogP contribution is 2.39. The second-order valence-corrected chi connectivity index (χ2v) is 6.38. The van der Waals surface area contributed by atoms with Crippen LogP contribution in [-0.2, 0) is 0 Å². The number of thiophene rings is 1. The number of para-hydroxylation sites is 2. The molecule has 2 aromatic carbocycles. The standard InChI is InChI=1S/C18H12ClN3OS/c19-18-21-16(20-13-8-4-5-9-14(13)23)15-12(10-24-17(15)22-18)11-6-2-1-3-7-11/h1-10,23H,(H,20,21,22). The van der Waals surface area contributed by atoms with E-state index in [1.54, 1.807) is 18.2 Å². The average Bonchev–Trinajstić information content (AvgIpc) is 3.01. The molecule has 0 spiro atoms. The van der Waals surface area contributed by atoms with Crippen LogP contribution in [0.5, 0.6) is 5.75 Å². The third-order valence-corrected chi connectivity index (χ3v) is 4.69. The molecule has 0 aliphatic heterocycles. The van der Waals surface area contributed by atoms with Crippen LogP contribution in [0.3, 0.4) is 0 Å². The molecule has 2 N–H and O–H groups in total. The summed E-state index contributed by atoms with van der Waals surface area (Å²) in [4.78, 5) is 9.45. The molecule has 0 unspecified atom stereocenters. The molecule has 118 valence electrons. The van der Waals surface area contributed by atoms with Crippen LogP contribution in [0.1, 0.15) is 0 Å². The van der Waals surface area contributed by atoms with Crippen LogP contribution in [-0.4, -0.2) is 15.1 Å². The third kappa shape index (κ3) is 2.68. The summed E-state index contributed by atoms with van der Waals surface area (Å²) in [6.07, 6.45) is 0. The lowest BCUT2D eigenvalue weighted by atomic mass is 10.1. The number of nitrogens with one attached hydrogen (secondary N) is 1. The number of phenolic OH excluding ortho intramolecular Hbond substituents is 1. The number of hydrogen-bond acceptors (Lipinski definition) is 5. The van der Waals surface area contributed by atoms with E-state index in [4.69, 9.17) is 11.6 Å². The molecular weight excluding hydrogens is 342 g/mol. The van der Waals surface area contributed by atoms with Crippen LogP contribution < -0.4 is 5.32 Å². The summed E-state index contributed by atoms with van der Waals surface area (Å²) in [7, 11) is 0. The minimum atomic E-state index is 0.150. The van der Waals surface area contributed by atoms with E-state index in [2.05, 4.69) is 15.3 Å². The second kappa shape index (κ2) is 6.11. The molecule has 0 fully saturated rings. The fraction of sp³-hybridized carbons (Fsp3) is 0. The van der Waals surface area contributed by atoms with E-state index in [9.17, 15) is 5.11 Å². The summed E-state index contributed by atoms with van der Waals surface area (Å²) in [5.41, 5.74) is 2.68. The van der Waals surface area contributed by atoms with Gasteiger partial charge in [0.05, 0.1) is 11.1 Å². The summed E-state index contributed by atoms with van der Waals surface area (Å²) < 4.78 is 0. The van der Waals surface area contributed by atoms with Gasteiger partial charge in [0.25, 0.3) is 0 Å². The zero-order chi connectivity index (χ0) is 16.5.